The SMILES string of the molecule is CCN1CCN(c2ccc(NC(=O)CN3CCC[C@H]3c3cccc(OC)c3)cc2)CC1. The molecular weight excluding hydrogens is 388 g/mol. The highest BCUT2D eigenvalue weighted by Crippen LogP contribution is 2.33. The van der Waals surface area contributed by atoms with Gasteiger partial charge >= 0.3 is 0 Å². The van der Waals surface area contributed by atoms with Crippen LogP contribution in [0, 0.1) is 0 Å². The standard InChI is InChI=1S/C25H34N4O2/c1-3-27-14-16-28(17-15-27)22-11-9-21(10-12-22)26-25(30)19-29-13-5-8-24(29)20-6-4-7-23(18-20)31-2/h4,6-7,9-12,18,24H,3,5,8,13-17,19H2,1-2H3,(H,26,30)/t24-/m0/s1. The summed E-state index contributed by atoms with van der Waals surface area (Å²) in [4.78, 5) is 19.9. The van der Waals surface area contributed by atoms with Gasteiger partial charge in [-0.1, -0.05) is 19.1 Å². The summed E-state index contributed by atoms with van der Waals surface area (Å²) in [5.74, 6) is 0.907. The van der Waals surface area contributed by atoms with Crippen molar-refractivity contribution < 1.29 is 9.53 Å². The zero-order chi connectivity index (χ0) is 21.6. The van der Waals surface area contributed by atoms with E-state index in [2.05, 4.69) is 51.2 Å². The number of likely N-dealkylation sites (N-methyl/N-ethyl adjacent to an activating group) is 1. The van der Waals surface area contributed by atoms with Gasteiger partial charge in [0.25, 0.3) is 0 Å². The van der Waals surface area contributed by atoms with E-state index in [1.54, 1.807) is 7.11 Å². The van der Waals surface area contributed by atoms with Crippen LogP contribution in [0.25, 0.3) is 0 Å². The normalized spacial score (nSPS) is 20.1. The monoisotopic (exact) mass is 422 g/mol. The van der Waals surface area contributed by atoms with Gasteiger partial charge in [-0.05, 0) is 67.9 Å². The highest BCUT2D eigenvalue weighted by molar-refractivity contribution is 5.92. The first-order chi connectivity index (χ1) is 15.2. The maximum atomic E-state index is 12.7. The number of carbonyl (C=O) groups excluding carboxylic acids is 1. The van der Waals surface area contributed by atoms with Crippen LogP contribution in [0.4, 0.5) is 11.4 Å². The van der Waals surface area contributed by atoms with Crippen LogP contribution < -0.4 is 15.0 Å². The molecule has 0 bridgehead atoms. The van der Waals surface area contributed by atoms with Crippen molar-refractivity contribution in [2.45, 2.75) is 25.8 Å². The summed E-state index contributed by atoms with van der Waals surface area (Å²) in [6.45, 7) is 9.02. The molecule has 2 aromatic rings. The molecule has 1 N–H and O–H groups in total. The van der Waals surface area contributed by atoms with Gasteiger partial charge in [-0.15, -0.1) is 0 Å². The smallest absolute Gasteiger partial charge is 0.238 e. The lowest BCUT2D eigenvalue weighted by Gasteiger charge is -2.35. The van der Waals surface area contributed by atoms with Crippen LogP contribution in [0.2, 0.25) is 0 Å². The maximum Gasteiger partial charge on any atom is 0.238 e. The van der Waals surface area contributed by atoms with Gasteiger partial charge in [0.05, 0.1) is 13.7 Å². The molecule has 2 fully saturated rings. The highest BCUT2D eigenvalue weighted by atomic mass is 16.5. The molecule has 0 spiro atoms. The molecule has 6 nitrogen and oxygen atoms in total. The van der Waals surface area contributed by atoms with E-state index in [1.807, 2.05) is 24.3 Å². The van der Waals surface area contributed by atoms with Crippen LogP contribution in [-0.2, 0) is 4.79 Å². The van der Waals surface area contributed by atoms with Gasteiger partial charge in [0.1, 0.15) is 5.75 Å². The van der Waals surface area contributed by atoms with Gasteiger partial charge in [0, 0.05) is 43.6 Å². The zero-order valence-corrected chi connectivity index (χ0v) is 18.7. The highest BCUT2D eigenvalue weighted by Gasteiger charge is 2.27. The van der Waals surface area contributed by atoms with Crippen molar-refractivity contribution >= 4 is 17.3 Å². The van der Waals surface area contributed by atoms with Crippen LogP contribution in [0.3, 0.4) is 0 Å². The minimum absolute atomic E-state index is 0.0408. The Labute approximate surface area is 185 Å². The number of hydrogen-bond donors (Lipinski definition) is 1. The minimum Gasteiger partial charge on any atom is -0.497 e. The summed E-state index contributed by atoms with van der Waals surface area (Å²) in [6.07, 6.45) is 2.18. The molecule has 2 saturated heterocycles. The number of methoxy groups -OCH3 is 1. The summed E-state index contributed by atoms with van der Waals surface area (Å²) in [7, 11) is 1.69. The number of rotatable bonds is 7. The average Bonchev–Trinajstić information content (AvgIpc) is 3.27. The van der Waals surface area contributed by atoms with Gasteiger partial charge in [0.2, 0.25) is 5.91 Å². The van der Waals surface area contributed by atoms with E-state index >= 15 is 0 Å². The number of piperazine rings is 1. The third kappa shape index (κ3) is 5.38. The van der Waals surface area contributed by atoms with Crippen molar-refractivity contribution in [3.63, 3.8) is 0 Å². The fourth-order valence-electron chi connectivity index (χ4n) is 4.70. The number of nitrogens with one attached hydrogen (secondary N) is 1. The molecule has 2 aliphatic heterocycles. The lowest BCUT2D eigenvalue weighted by Crippen LogP contribution is -2.46. The predicted molar refractivity (Wildman–Crippen MR) is 126 cm³/mol. The van der Waals surface area contributed by atoms with E-state index in [9.17, 15) is 4.79 Å². The van der Waals surface area contributed by atoms with E-state index in [1.165, 1.54) is 11.3 Å². The summed E-state index contributed by atoms with van der Waals surface area (Å²) in [5, 5.41) is 3.08. The van der Waals surface area contributed by atoms with E-state index in [0.29, 0.717) is 6.54 Å². The molecule has 4 rings (SSSR count). The topological polar surface area (TPSA) is 48.0 Å². The summed E-state index contributed by atoms with van der Waals surface area (Å²) >= 11 is 0. The van der Waals surface area contributed by atoms with Gasteiger partial charge in [-0.2, -0.15) is 0 Å². The number of anilines is 2. The van der Waals surface area contributed by atoms with Gasteiger partial charge in [0.15, 0.2) is 0 Å². The molecule has 2 aromatic carbocycles. The molecular formula is C25H34N4O2. The van der Waals surface area contributed by atoms with E-state index < -0.39 is 0 Å². The molecule has 2 aliphatic rings. The first-order valence-corrected chi connectivity index (χ1v) is 11.4. The fraction of sp³-hybridized carbons (Fsp3) is 0.480. The Balaban J connectivity index is 1.32. The molecule has 1 amide bonds. The molecule has 0 aromatic heterocycles. The predicted octanol–water partition coefficient (Wildman–Crippen LogP) is 3.61. The Morgan fingerprint density at radius 3 is 2.55 bits per heavy atom. The zero-order valence-electron chi connectivity index (χ0n) is 18.7. The van der Waals surface area contributed by atoms with Crippen LogP contribution in [0.15, 0.2) is 48.5 Å². The molecule has 166 valence electrons. The van der Waals surface area contributed by atoms with E-state index in [4.69, 9.17) is 4.74 Å². The van der Waals surface area contributed by atoms with Crippen molar-refractivity contribution in [2.24, 2.45) is 0 Å². The van der Waals surface area contributed by atoms with E-state index in [0.717, 1.165) is 63.5 Å². The minimum atomic E-state index is 0.0408. The lowest BCUT2D eigenvalue weighted by atomic mass is 10.0. The second kappa shape index (κ2) is 10.2. The molecule has 0 saturated carbocycles. The lowest BCUT2D eigenvalue weighted by molar-refractivity contribution is -0.117. The van der Waals surface area contributed by atoms with Crippen molar-refractivity contribution in [3.8, 4) is 5.75 Å². The Hall–Kier alpha value is -2.57. The number of nitrogens with zero attached hydrogens (tertiary/aromatic N) is 3. The van der Waals surface area contributed by atoms with Crippen molar-refractivity contribution in [2.75, 3.05) is 63.1 Å². The van der Waals surface area contributed by atoms with E-state index in [-0.39, 0.29) is 11.9 Å². The molecule has 0 aliphatic carbocycles. The molecule has 2 heterocycles. The maximum absolute atomic E-state index is 12.7. The molecule has 6 heteroatoms. The van der Waals surface area contributed by atoms with Crippen molar-refractivity contribution in [1.82, 2.24) is 9.80 Å². The Morgan fingerprint density at radius 1 is 1.06 bits per heavy atom. The van der Waals surface area contributed by atoms with Gasteiger partial charge < -0.3 is 19.9 Å². The quantitative estimate of drug-likeness (QED) is 0.739. The van der Waals surface area contributed by atoms with Crippen LogP contribution in [0.1, 0.15) is 31.4 Å². The first-order valence-electron chi connectivity index (χ1n) is 11.4. The Morgan fingerprint density at radius 2 is 1.84 bits per heavy atom. The number of ether oxygens (including phenoxy) is 1. The summed E-state index contributed by atoms with van der Waals surface area (Å²) in [5.41, 5.74) is 3.31. The fourth-order valence-corrected chi connectivity index (χ4v) is 4.70. The van der Waals surface area contributed by atoms with Crippen LogP contribution >= 0.6 is 0 Å². The summed E-state index contributed by atoms with van der Waals surface area (Å²) in [6, 6.07) is 16.7. The first kappa shape index (κ1) is 21.7. The molecule has 31 heavy (non-hydrogen) atoms. The second-order valence-electron chi connectivity index (χ2n) is 8.42. The van der Waals surface area contributed by atoms with Gasteiger partial charge in [-0.25, -0.2) is 0 Å². The largest absolute Gasteiger partial charge is 0.497 e. The van der Waals surface area contributed by atoms with Crippen molar-refractivity contribution in [3.05, 3.63) is 54.1 Å². The van der Waals surface area contributed by atoms with Gasteiger partial charge in [-0.3, -0.25) is 9.69 Å². The van der Waals surface area contributed by atoms with Crippen molar-refractivity contribution in [1.29, 1.82) is 0 Å². The number of amides is 1. The third-order valence-corrected chi connectivity index (χ3v) is 6.52. The van der Waals surface area contributed by atoms with Crippen LogP contribution in [0.5, 0.6) is 5.75 Å². The Bertz CT molecular complexity index is 862. The van der Waals surface area contributed by atoms with Crippen LogP contribution in [-0.4, -0.2) is 68.6 Å². The molecule has 0 unspecified atom stereocenters. The third-order valence-electron chi connectivity index (χ3n) is 6.52. The average molecular weight is 423 g/mol. The number of hydrogen-bond acceptors (Lipinski definition) is 5. The second-order valence-corrected chi connectivity index (χ2v) is 8.42. The Kier molecular flexibility index (Phi) is 7.10. The molecule has 1 atom stereocenters. The summed E-state index contributed by atoms with van der Waals surface area (Å²) < 4.78 is 5.37. The number of likely N-dealkylation sites (tertiary alicyclic amines) is 1. The molecule has 0 radical (unpaired) electrons. The number of benzene rings is 2. The number of carbonyl (C=O) groups is 1.